The first-order valence-electron chi connectivity index (χ1n) is 6.21. The van der Waals surface area contributed by atoms with E-state index in [1.54, 1.807) is 18.2 Å². The molecule has 0 spiro atoms. The van der Waals surface area contributed by atoms with Crippen LogP contribution < -0.4 is 5.32 Å². The van der Waals surface area contributed by atoms with E-state index in [1.165, 1.54) is 6.07 Å². The first-order valence-corrected chi connectivity index (χ1v) is 6.21. The van der Waals surface area contributed by atoms with Gasteiger partial charge in [-0.1, -0.05) is 42.5 Å². The molecule has 0 bridgehead atoms. The molecular weight excluding hydrogens is 241 g/mol. The molecule has 0 aliphatic rings. The molecule has 0 aliphatic heterocycles. The summed E-state index contributed by atoms with van der Waals surface area (Å²) in [6, 6.07) is 14.2. The van der Waals surface area contributed by atoms with Gasteiger partial charge in [-0.3, -0.25) is 4.79 Å². The van der Waals surface area contributed by atoms with Crippen molar-refractivity contribution < 1.29 is 9.18 Å². The topological polar surface area (TPSA) is 29.1 Å². The average molecular weight is 257 g/mol. The Morgan fingerprint density at radius 1 is 1.05 bits per heavy atom. The van der Waals surface area contributed by atoms with Crippen molar-refractivity contribution in [1.82, 2.24) is 5.32 Å². The molecule has 2 aromatic carbocycles. The molecule has 98 valence electrons. The smallest absolute Gasteiger partial charge is 0.224 e. The Balaban J connectivity index is 1.92. The van der Waals surface area contributed by atoms with Gasteiger partial charge in [0.1, 0.15) is 5.82 Å². The number of hydrogen-bond donors (Lipinski definition) is 1. The third kappa shape index (κ3) is 3.65. The van der Waals surface area contributed by atoms with Gasteiger partial charge in [-0.05, 0) is 24.1 Å². The molecule has 1 N–H and O–H groups in total. The highest BCUT2D eigenvalue weighted by Crippen LogP contribution is 2.08. The first kappa shape index (κ1) is 13.3. The van der Waals surface area contributed by atoms with E-state index in [4.69, 9.17) is 0 Å². The highest BCUT2D eigenvalue weighted by molar-refractivity contribution is 5.78. The number of carbonyl (C=O) groups is 1. The molecule has 2 aromatic rings. The summed E-state index contributed by atoms with van der Waals surface area (Å²) in [7, 11) is 0. The summed E-state index contributed by atoms with van der Waals surface area (Å²) in [6.07, 6.45) is 0.321. The Labute approximate surface area is 112 Å². The summed E-state index contributed by atoms with van der Waals surface area (Å²) < 4.78 is 13.4. The monoisotopic (exact) mass is 257 g/mol. The Kier molecular flexibility index (Phi) is 4.29. The Morgan fingerprint density at radius 3 is 2.37 bits per heavy atom. The van der Waals surface area contributed by atoms with Crippen molar-refractivity contribution in [2.75, 3.05) is 0 Å². The lowest BCUT2D eigenvalue weighted by Gasteiger charge is -2.08. The molecule has 2 nitrogen and oxygen atoms in total. The standard InChI is InChI=1S/C16H16FNO/c1-12-6-2-3-7-13(12)10-16(19)18-11-14-8-4-5-9-15(14)17/h2-9H,10-11H2,1H3,(H,18,19). The van der Waals surface area contributed by atoms with Crippen molar-refractivity contribution >= 4 is 5.91 Å². The number of carbonyl (C=O) groups excluding carboxylic acids is 1. The van der Waals surface area contributed by atoms with Crippen LogP contribution in [0.1, 0.15) is 16.7 Å². The zero-order valence-corrected chi connectivity index (χ0v) is 10.8. The van der Waals surface area contributed by atoms with Crippen LogP contribution in [0.4, 0.5) is 4.39 Å². The third-order valence-corrected chi connectivity index (χ3v) is 3.05. The summed E-state index contributed by atoms with van der Waals surface area (Å²) >= 11 is 0. The molecule has 0 atom stereocenters. The normalized spacial score (nSPS) is 10.2. The number of aryl methyl sites for hydroxylation is 1. The molecule has 0 unspecified atom stereocenters. The lowest BCUT2D eigenvalue weighted by molar-refractivity contribution is -0.120. The molecule has 0 heterocycles. The second-order valence-corrected chi connectivity index (χ2v) is 4.47. The van der Waals surface area contributed by atoms with Crippen molar-refractivity contribution in [3.8, 4) is 0 Å². The maximum absolute atomic E-state index is 13.4. The van der Waals surface area contributed by atoms with E-state index in [1.807, 2.05) is 31.2 Å². The zero-order chi connectivity index (χ0) is 13.7. The molecule has 1 amide bonds. The first-order chi connectivity index (χ1) is 9.16. The number of halogens is 1. The van der Waals surface area contributed by atoms with Crippen LogP contribution in [-0.4, -0.2) is 5.91 Å². The van der Waals surface area contributed by atoms with Crippen LogP contribution in [0.5, 0.6) is 0 Å². The van der Waals surface area contributed by atoms with E-state index in [0.29, 0.717) is 12.0 Å². The van der Waals surface area contributed by atoms with E-state index in [9.17, 15) is 9.18 Å². The van der Waals surface area contributed by atoms with Gasteiger partial charge in [0, 0.05) is 12.1 Å². The number of benzene rings is 2. The molecule has 0 saturated heterocycles. The zero-order valence-electron chi connectivity index (χ0n) is 10.8. The lowest BCUT2D eigenvalue weighted by atomic mass is 10.1. The summed E-state index contributed by atoms with van der Waals surface area (Å²) in [6.45, 7) is 2.19. The maximum Gasteiger partial charge on any atom is 0.224 e. The van der Waals surface area contributed by atoms with Gasteiger partial charge in [0.15, 0.2) is 0 Å². The lowest BCUT2D eigenvalue weighted by Crippen LogP contribution is -2.25. The van der Waals surface area contributed by atoms with Gasteiger partial charge < -0.3 is 5.32 Å². The van der Waals surface area contributed by atoms with Crippen molar-refractivity contribution in [2.24, 2.45) is 0 Å². The Bertz CT molecular complexity index is 580. The van der Waals surface area contributed by atoms with Gasteiger partial charge in [0.25, 0.3) is 0 Å². The van der Waals surface area contributed by atoms with E-state index in [2.05, 4.69) is 5.32 Å². The van der Waals surface area contributed by atoms with Crippen molar-refractivity contribution in [3.05, 3.63) is 71.0 Å². The van der Waals surface area contributed by atoms with Crippen molar-refractivity contribution in [1.29, 1.82) is 0 Å². The minimum absolute atomic E-state index is 0.0995. The van der Waals surface area contributed by atoms with E-state index in [0.717, 1.165) is 11.1 Å². The second kappa shape index (κ2) is 6.14. The quantitative estimate of drug-likeness (QED) is 0.896. The predicted octanol–water partition coefficient (Wildman–Crippen LogP) is 2.99. The average Bonchev–Trinajstić information content (AvgIpc) is 2.40. The van der Waals surface area contributed by atoms with Gasteiger partial charge in [0.05, 0.1) is 6.42 Å². The maximum atomic E-state index is 13.4. The summed E-state index contributed by atoms with van der Waals surface area (Å²) in [4.78, 5) is 11.8. The van der Waals surface area contributed by atoms with Gasteiger partial charge in [-0.2, -0.15) is 0 Å². The largest absolute Gasteiger partial charge is 0.352 e. The summed E-state index contributed by atoms with van der Waals surface area (Å²) in [5.74, 6) is -0.392. The number of rotatable bonds is 4. The summed E-state index contributed by atoms with van der Waals surface area (Å²) in [5, 5.41) is 2.74. The van der Waals surface area contributed by atoms with Crippen LogP contribution in [0.25, 0.3) is 0 Å². The number of hydrogen-bond acceptors (Lipinski definition) is 1. The van der Waals surface area contributed by atoms with Gasteiger partial charge >= 0.3 is 0 Å². The Morgan fingerprint density at radius 2 is 1.68 bits per heavy atom. The molecular formula is C16H16FNO. The van der Waals surface area contributed by atoms with Crippen molar-refractivity contribution in [3.63, 3.8) is 0 Å². The van der Waals surface area contributed by atoms with Gasteiger partial charge in [0.2, 0.25) is 5.91 Å². The fourth-order valence-corrected chi connectivity index (χ4v) is 1.88. The molecule has 0 saturated carbocycles. The molecule has 0 aromatic heterocycles. The van der Waals surface area contributed by atoms with Crippen LogP contribution >= 0.6 is 0 Å². The van der Waals surface area contributed by atoms with Crippen LogP contribution in [0.15, 0.2) is 48.5 Å². The Hall–Kier alpha value is -2.16. The van der Waals surface area contributed by atoms with Crippen molar-refractivity contribution in [2.45, 2.75) is 19.9 Å². The second-order valence-electron chi connectivity index (χ2n) is 4.47. The fourth-order valence-electron chi connectivity index (χ4n) is 1.88. The molecule has 19 heavy (non-hydrogen) atoms. The molecule has 0 fully saturated rings. The van der Waals surface area contributed by atoms with Crippen LogP contribution in [0.3, 0.4) is 0 Å². The number of amides is 1. The minimum atomic E-state index is -0.293. The predicted molar refractivity (Wildman–Crippen MR) is 73.1 cm³/mol. The summed E-state index contributed by atoms with van der Waals surface area (Å²) in [5.41, 5.74) is 2.58. The minimum Gasteiger partial charge on any atom is -0.352 e. The highest BCUT2D eigenvalue weighted by atomic mass is 19.1. The SMILES string of the molecule is Cc1ccccc1CC(=O)NCc1ccccc1F. The van der Waals surface area contributed by atoms with Crippen LogP contribution in [0.2, 0.25) is 0 Å². The van der Waals surface area contributed by atoms with E-state index >= 15 is 0 Å². The van der Waals surface area contributed by atoms with E-state index in [-0.39, 0.29) is 18.3 Å². The molecule has 2 rings (SSSR count). The van der Waals surface area contributed by atoms with Gasteiger partial charge in [-0.25, -0.2) is 4.39 Å². The van der Waals surface area contributed by atoms with E-state index < -0.39 is 0 Å². The van der Waals surface area contributed by atoms with Crippen LogP contribution in [-0.2, 0) is 17.8 Å². The highest BCUT2D eigenvalue weighted by Gasteiger charge is 2.06. The van der Waals surface area contributed by atoms with Crippen LogP contribution in [0, 0.1) is 12.7 Å². The van der Waals surface area contributed by atoms with Gasteiger partial charge in [-0.15, -0.1) is 0 Å². The molecule has 0 radical (unpaired) electrons. The third-order valence-electron chi connectivity index (χ3n) is 3.05. The fraction of sp³-hybridized carbons (Fsp3) is 0.188. The molecule has 0 aliphatic carbocycles. The number of nitrogens with one attached hydrogen (secondary N) is 1. The molecule has 3 heteroatoms.